The molecule has 2 aromatic carbocycles. The Morgan fingerprint density at radius 2 is 1.94 bits per heavy atom. The van der Waals surface area contributed by atoms with E-state index >= 15 is 0 Å². The standard InChI is InChI=1S/C23H19BrF2N2O3/c1-12-8-20(31-11-15-4-6-16(25)10-18(15)26)21(24)23(30)28(12)19-9-14(22(27)29)5-7-17(19)13-2-3-13/h4-10,13H,2-3,11H2,1H3,(H2,27,29). The average molecular weight is 489 g/mol. The summed E-state index contributed by atoms with van der Waals surface area (Å²) in [5.74, 6) is -1.40. The predicted molar refractivity (Wildman–Crippen MR) is 116 cm³/mol. The summed E-state index contributed by atoms with van der Waals surface area (Å²) in [5.41, 5.74) is 7.70. The number of aryl methyl sites for hydroxylation is 1. The molecule has 4 rings (SSSR count). The Bertz CT molecular complexity index is 1250. The highest BCUT2D eigenvalue weighted by molar-refractivity contribution is 9.10. The molecule has 0 spiro atoms. The zero-order chi connectivity index (χ0) is 22.3. The molecule has 1 saturated carbocycles. The van der Waals surface area contributed by atoms with Crippen molar-refractivity contribution in [2.24, 2.45) is 5.73 Å². The first kappa shape index (κ1) is 21.2. The van der Waals surface area contributed by atoms with Crippen molar-refractivity contribution in [2.75, 3.05) is 0 Å². The van der Waals surface area contributed by atoms with Gasteiger partial charge in [0, 0.05) is 29.0 Å². The van der Waals surface area contributed by atoms with Gasteiger partial charge in [-0.2, -0.15) is 0 Å². The molecule has 1 aliphatic rings. The van der Waals surface area contributed by atoms with Gasteiger partial charge in [-0.15, -0.1) is 0 Å². The molecule has 3 aromatic rings. The maximum absolute atomic E-state index is 13.9. The number of hydrogen-bond acceptors (Lipinski definition) is 3. The summed E-state index contributed by atoms with van der Waals surface area (Å²) in [6, 6.07) is 10.0. The van der Waals surface area contributed by atoms with Gasteiger partial charge in [0.15, 0.2) is 0 Å². The molecule has 1 aromatic heterocycles. The van der Waals surface area contributed by atoms with Crippen LogP contribution in [0.5, 0.6) is 5.75 Å². The molecule has 8 heteroatoms. The van der Waals surface area contributed by atoms with E-state index in [1.165, 1.54) is 10.6 Å². The number of carbonyl (C=O) groups is 1. The fourth-order valence-electron chi connectivity index (χ4n) is 3.51. The van der Waals surface area contributed by atoms with Crippen molar-refractivity contribution in [3.05, 3.63) is 91.3 Å². The van der Waals surface area contributed by atoms with Crippen molar-refractivity contribution in [1.82, 2.24) is 4.57 Å². The number of nitrogens with two attached hydrogens (primary N) is 1. The lowest BCUT2D eigenvalue weighted by molar-refractivity contribution is 0.1000. The molecule has 0 aliphatic heterocycles. The monoisotopic (exact) mass is 488 g/mol. The van der Waals surface area contributed by atoms with Crippen molar-refractivity contribution >= 4 is 21.8 Å². The SMILES string of the molecule is Cc1cc(OCc2ccc(F)cc2F)c(Br)c(=O)n1-c1cc(C(N)=O)ccc1C1CC1. The molecule has 0 bridgehead atoms. The first-order valence-corrected chi connectivity index (χ1v) is 10.5. The number of aromatic nitrogens is 1. The van der Waals surface area contributed by atoms with Gasteiger partial charge in [-0.05, 0) is 71.4 Å². The van der Waals surface area contributed by atoms with E-state index in [2.05, 4.69) is 15.9 Å². The zero-order valence-electron chi connectivity index (χ0n) is 16.6. The quantitative estimate of drug-likeness (QED) is 0.544. The van der Waals surface area contributed by atoms with Crippen LogP contribution in [-0.2, 0) is 6.61 Å². The highest BCUT2D eigenvalue weighted by atomic mass is 79.9. The summed E-state index contributed by atoms with van der Waals surface area (Å²) in [5, 5.41) is 0. The molecule has 1 aliphatic carbocycles. The minimum atomic E-state index is -0.724. The van der Waals surface area contributed by atoms with Gasteiger partial charge >= 0.3 is 0 Å². The van der Waals surface area contributed by atoms with E-state index in [-0.39, 0.29) is 28.0 Å². The smallest absolute Gasteiger partial charge is 0.273 e. The van der Waals surface area contributed by atoms with Crippen LogP contribution in [0.4, 0.5) is 8.78 Å². The van der Waals surface area contributed by atoms with Crippen LogP contribution < -0.4 is 16.0 Å². The molecule has 160 valence electrons. The fourth-order valence-corrected chi connectivity index (χ4v) is 3.92. The highest BCUT2D eigenvalue weighted by Crippen LogP contribution is 2.43. The van der Waals surface area contributed by atoms with Gasteiger partial charge < -0.3 is 10.5 Å². The van der Waals surface area contributed by atoms with Crippen molar-refractivity contribution in [1.29, 1.82) is 0 Å². The van der Waals surface area contributed by atoms with Crippen LogP contribution in [0.3, 0.4) is 0 Å². The van der Waals surface area contributed by atoms with Crippen LogP contribution >= 0.6 is 15.9 Å². The topological polar surface area (TPSA) is 74.3 Å². The molecule has 1 fully saturated rings. The second-order valence-corrected chi connectivity index (χ2v) is 8.33. The number of rotatable bonds is 6. The molecule has 0 radical (unpaired) electrons. The van der Waals surface area contributed by atoms with Crippen molar-refractivity contribution < 1.29 is 18.3 Å². The summed E-state index contributed by atoms with van der Waals surface area (Å²) >= 11 is 3.29. The molecule has 31 heavy (non-hydrogen) atoms. The van der Waals surface area contributed by atoms with Crippen LogP contribution in [0.15, 0.2) is 51.7 Å². The maximum atomic E-state index is 13.9. The molecular weight excluding hydrogens is 470 g/mol. The number of hydrogen-bond donors (Lipinski definition) is 1. The number of primary amides is 1. The first-order chi connectivity index (χ1) is 14.8. The summed E-state index contributed by atoms with van der Waals surface area (Å²) < 4.78 is 34.3. The van der Waals surface area contributed by atoms with E-state index in [0.29, 0.717) is 22.9 Å². The number of nitrogens with zero attached hydrogens (tertiary/aromatic N) is 1. The Hall–Kier alpha value is -3.00. The Morgan fingerprint density at radius 1 is 1.19 bits per heavy atom. The molecule has 0 unspecified atom stereocenters. The lowest BCUT2D eigenvalue weighted by atomic mass is 10.0. The third-order valence-corrected chi connectivity index (χ3v) is 6.00. The van der Waals surface area contributed by atoms with Gasteiger partial charge in [0.25, 0.3) is 5.56 Å². The van der Waals surface area contributed by atoms with Crippen LogP contribution in [-0.4, -0.2) is 10.5 Å². The Kier molecular flexibility index (Phi) is 5.66. The summed E-state index contributed by atoms with van der Waals surface area (Å²) in [6.07, 6.45) is 2.03. The van der Waals surface area contributed by atoms with Gasteiger partial charge in [0.1, 0.15) is 28.5 Å². The summed E-state index contributed by atoms with van der Waals surface area (Å²) in [4.78, 5) is 24.9. The molecule has 0 saturated heterocycles. The third-order valence-electron chi connectivity index (χ3n) is 5.27. The van der Waals surface area contributed by atoms with Gasteiger partial charge in [-0.1, -0.05) is 6.07 Å². The van der Waals surface area contributed by atoms with Crippen molar-refractivity contribution in [3.8, 4) is 11.4 Å². The Labute approximate surface area is 185 Å². The number of amides is 1. The van der Waals surface area contributed by atoms with E-state index in [1.807, 2.05) is 6.07 Å². The molecule has 1 amide bonds. The fraction of sp³-hybridized carbons (Fsp3) is 0.217. The second kappa shape index (κ2) is 8.26. The van der Waals surface area contributed by atoms with Crippen molar-refractivity contribution in [3.63, 3.8) is 0 Å². The summed E-state index contributed by atoms with van der Waals surface area (Å²) in [7, 11) is 0. The van der Waals surface area contributed by atoms with E-state index < -0.39 is 17.5 Å². The van der Waals surface area contributed by atoms with Crippen LogP contribution in [0.25, 0.3) is 5.69 Å². The highest BCUT2D eigenvalue weighted by Gasteiger charge is 2.28. The van der Waals surface area contributed by atoms with Crippen LogP contribution in [0.2, 0.25) is 0 Å². The Morgan fingerprint density at radius 3 is 2.58 bits per heavy atom. The zero-order valence-corrected chi connectivity index (χ0v) is 18.2. The molecule has 2 N–H and O–H groups in total. The van der Waals surface area contributed by atoms with Gasteiger partial charge in [-0.3, -0.25) is 14.2 Å². The molecule has 5 nitrogen and oxygen atoms in total. The first-order valence-electron chi connectivity index (χ1n) is 9.69. The normalized spacial score (nSPS) is 13.3. The number of carbonyl (C=O) groups excluding carboxylic acids is 1. The van der Waals surface area contributed by atoms with E-state index in [1.54, 1.807) is 25.1 Å². The Balaban J connectivity index is 1.73. The predicted octanol–water partition coefficient (Wildman–Crippen LogP) is 4.74. The van der Waals surface area contributed by atoms with E-state index in [4.69, 9.17) is 10.5 Å². The number of ether oxygens (including phenoxy) is 1. The number of pyridine rings is 1. The van der Waals surface area contributed by atoms with Crippen molar-refractivity contribution in [2.45, 2.75) is 32.3 Å². The molecule has 0 atom stereocenters. The lowest BCUT2D eigenvalue weighted by Crippen LogP contribution is -2.24. The third kappa shape index (κ3) is 4.25. The van der Waals surface area contributed by atoms with E-state index in [0.717, 1.165) is 30.5 Å². The van der Waals surface area contributed by atoms with Gasteiger partial charge in [0.2, 0.25) is 5.91 Å². The number of benzene rings is 2. The van der Waals surface area contributed by atoms with Gasteiger partial charge in [-0.25, -0.2) is 8.78 Å². The minimum Gasteiger partial charge on any atom is -0.487 e. The number of halogens is 3. The summed E-state index contributed by atoms with van der Waals surface area (Å²) in [6.45, 7) is 1.57. The van der Waals surface area contributed by atoms with Crippen LogP contribution in [0.1, 0.15) is 45.9 Å². The molecular formula is C23H19BrF2N2O3. The van der Waals surface area contributed by atoms with Gasteiger partial charge in [0.05, 0.1) is 5.69 Å². The average Bonchev–Trinajstić information content (AvgIpc) is 3.56. The lowest BCUT2D eigenvalue weighted by Gasteiger charge is -2.18. The van der Waals surface area contributed by atoms with E-state index in [9.17, 15) is 18.4 Å². The molecule has 1 heterocycles. The second-order valence-electron chi connectivity index (χ2n) is 7.54. The maximum Gasteiger partial charge on any atom is 0.273 e. The minimum absolute atomic E-state index is 0.159. The van der Waals surface area contributed by atoms with Crippen LogP contribution in [0, 0.1) is 18.6 Å². The largest absolute Gasteiger partial charge is 0.487 e.